The van der Waals surface area contributed by atoms with E-state index in [9.17, 15) is 13.2 Å². The summed E-state index contributed by atoms with van der Waals surface area (Å²) in [6.07, 6.45) is 0.156. The maximum atomic E-state index is 12.4. The highest BCUT2D eigenvalue weighted by molar-refractivity contribution is 7.87. The zero-order valence-electron chi connectivity index (χ0n) is 17.2. The molecule has 162 valence electrons. The minimum absolute atomic E-state index is 0.0868. The minimum atomic E-state index is -3.91. The summed E-state index contributed by atoms with van der Waals surface area (Å²) in [6.45, 7) is 2.66. The fourth-order valence-corrected chi connectivity index (χ4v) is 4.00. The van der Waals surface area contributed by atoms with Gasteiger partial charge in [-0.3, -0.25) is 4.79 Å². The van der Waals surface area contributed by atoms with Crippen LogP contribution in [0.4, 0.5) is 0 Å². The minimum Gasteiger partial charge on any atom is -0.466 e. The summed E-state index contributed by atoms with van der Waals surface area (Å²) in [5.74, 6) is -0.106. The molecule has 0 aliphatic heterocycles. The second kappa shape index (κ2) is 10.7. The molecule has 0 aromatic heterocycles. The van der Waals surface area contributed by atoms with Crippen molar-refractivity contribution in [2.75, 3.05) is 6.61 Å². The summed E-state index contributed by atoms with van der Waals surface area (Å²) < 4.78 is 35.1. The lowest BCUT2D eigenvalue weighted by Crippen LogP contribution is -2.24. The number of benzene rings is 3. The molecule has 3 rings (SSSR count). The van der Waals surface area contributed by atoms with Gasteiger partial charge in [-0.15, -0.1) is 0 Å². The molecule has 0 saturated carbocycles. The summed E-state index contributed by atoms with van der Waals surface area (Å²) in [5, 5.41) is 3.38. The average molecular weight is 440 g/mol. The molecule has 0 radical (unpaired) electrons. The largest absolute Gasteiger partial charge is 0.466 e. The smallest absolute Gasteiger partial charge is 0.339 e. The molecule has 0 saturated heterocycles. The zero-order valence-corrected chi connectivity index (χ0v) is 18.0. The second-order valence-electron chi connectivity index (χ2n) is 6.85. The van der Waals surface area contributed by atoms with Gasteiger partial charge in [-0.05, 0) is 42.3 Å². The molecule has 0 spiro atoms. The number of esters is 1. The fraction of sp³-hybridized carbons (Fsp3) is 0.208. The van der Waals surface area contributed by atoms with Crippen molar-refractivity contribution in [3.05, 3.63) is 96.1 Å². The Balaban J connectivity index is 1.73. The summed E-state index contributed by atoms with van der Waals surface area (Å²) >= 11 is 0. The molecular weight excluding hydrogens is 414 g/mol. The topological polar surface area (TPSA) is 81.7 Å². The molecule has 3 aromatic rings. The van der Waals surface area contributed by atoms with Crippen molar-refractivity contribution in [3.8, 4) is 5.75 Å². The van der Waals surface area contributed by atoms with E-state index in [4.69, 9.17) is 8.92 Å². The molecule has 1 unspecified atom stereocenters. The maximum Gasteiger partial charge on any atom is 0.339 e. The standard InChI is InChI=1S/C24H25NO5S/c1-2-29-24(26)17-23(25-18-19-9-5-3-6-10-19)20-13-15-21(16-14-20)30-31(27,28)22-11-7-4-8-12-22/h3-16,23,25H,2,17-18H2,1H3. The molecule has 6 nitrogen and oxygen atoms in total. The van der Waals surface area contributed by atoms with E-state index < -0.39 is 10.1 Å². The van der Waals surface area contributed by atoms with Gasteiger partial charge in [0.1, 0.15) is 10.6 Å². The number of carbonyl (C=O) groups excluding carboxylic acids is 1. The summed E-state index contributed by atoms with van der Waals surface area (Å²) in [5.41, 5.74) is 1.92. The van der Waals surface area contributed by atoms with Gasteiger partial charge in [0.05, 0.1) is 13.0 Å². The third-order valence-electron chi connectivity index (χ3n) is 4.59. The number of hydrogen-bond donors (Lipinski definition) is 1. The van der Waals surface area contributed by atoms with Crippen molar-refractivity contribution < 1.29 is 22.1 Å². The van der Waals surface area contributed by atoms with Crippen molar-refractivity contribution in [2.24, 2.45) is 0 Å². The van der Waals surface area contributed by atoms with E-state index in [1.807, 2.05) is 30.3 Å². The molecule has 0 fully saturated rings. The first-order chi connectivity index (χ1) is 15.0. The van der Waals surface area contributed by atoms with Gasteiger partial charge in [0.15, 0.2) is 0 Å². The van der Waals surface area contributed by atoms with Gasteiger partial charge in [0, 0.05) is 12.6 Å². The van der Waals surface area contributed by atoms with Gasteiger partial charge in [-0.2, -0.15) is 8.42 Å². The maximum absolute atomic E-state index is 12.4. The molecule has 0 bridgehead atoms. The summed E-state index contributed by atoms with van der Waals surface area (Å²) in [6, 6.07) is 24.2. The zero-order chi connectivity index (χ0) is 22.1. The molecule has 7 heteroatoms. The lowest BCUT2D eigenvalue weighted by Gasteiger charge is -2.19. The number of rotatable bonds is 10. The Kier molecular flexibility index (Phi) is 7.81. The van der Waals surface area contributed by atoms with Gasteiger partial charge in [-0.25, -0.2) is 0 Å². The van der Waals surface area contributed by atoms with Crippen molar-refractivity contribution in [1.29, 1.82) is 0 Å². The lowest BCUT2D eigenvalue weighted by molar-refractivity contribution is -0.143. The highest BCUT2D eigenvalue weighted by Gasteiger charge is 2.19. The van der Waals surface area contributed by atoms with Gasteiger partial charge in [-0.1, -0.05) is 60.7 Å². The van der Waals surface area contributed by atoms with E-state index in [0.717, 1.165) is 11.1 Å². The molecule has 1 atom stereocenters. The first-order valence-corrected chi connectivity index (χ1v) is 11.4. The average Bonchev–Trinajstić information content (AvgIpc) is 2.78. The number of nitrogens with one attached hydrogen (secondary N) is 1. The molecular formula is C24H25NO5S. The summed E-state index contributed by atoms with van der Waals surface area (Å²) in [7, 11) is -3.91. The molecule has 0 amide bonds. The Hall–Kier alpha value is -3.16. The van der Waals surface area contributed by atoms with E-state index in [2.05, 4.69) is 5.32 Å². The van der Waals surface area contributed by atoms with Crippen LogP contribution in [0.15, 0.2) is 89.8 Å². The normalized spacial score (nSPS) is 12.2. The van der Waals surface area contributed by atoms with Crippen molar-refractivity contribution >= 4 is 16.1 Å². The Morgan fingerprint density at radius 3 is 2.13 bits per heavy atom. The molecule has 1 N–H and O–H groups in total. The molecule has 0 aliphatic carbocycles. The van der Waals surface area contributed by atoms with E-state index in [-0.39, 0.29) is 29.1 Å². The fourth-order valence-electron chi connectivity index (χ4n) is 3.05. The third-order valence-corrected chi connectivity index (χ3v) is 5.85. The number of ether oxygens (including phenoxy) is 1. The first kappa shape index (κ1) is 22.5. The van der Waals surface area contributed by atoms with Gasteiger partial charge in [0.2, 0.25) is 0 Å². The predicted octanol–water partition coefficient (Wildman–Crippen LogP) is 4.24. The quantitative estimate of drug-likeness (QED) is 0.376. The number of hydrogen-bond acceptors (Lipinski definition) is 6. The van der Waals surface area contributed by atoms with Gasteiger partial charge < -0.3 is 14.2 Å². The SMILES string of the molecule is CCOC(=O)CC(NCc1ccccc1)c1ccc(OS(=O)(=O)c2ccccc2)cc1. The van der Waals surface area contributed by atoms with Crippen LogP contribution in [0.25, 0.3) is 0 Å². The molecule has 0 heterocycles. The van der Waals surface area contributed by atoms with Crippen molar-refractivity contribution in [3.63, 3.8) is 0 Å². The van der Waals surface area contributed by atoms with Gasteiger partial charge >= 0.3 is 16.1 Å². The van der Waals surface area contributed by atoms with Crippen molar-refractivity contribution in [2.45, 2.75) is 30.8 Å². The van der Waals surface area contributed by atoms with Crippen LogP contribution in [0.1, 0.15) is 30.5 Å². The van der Waals surface area contributed by atoms with Crippen LogP contribution < -0.4 is 9.50 Å². The Bertz CT molecular complexity index is 1070. The van der Waals surface area contributed by atoms with Crippen LogP contribution in [0.5, 0.6) is 5.75 Å². The Morgan fingerprint density at radius 2 is 1.52 bits per heavy atom. The highest BCUT2D eigenvalue weighted by atomic mass is 32.2. The second-order valence-corrected chi connectivity index (χ2v) is 8.39. The highest BCUT2D eigenvalue weighted by Crippen LogP contribution is 2.24. The van der Waals surface area contributed by atoms with E-state index in [1.165, 1.54) is 12.1 Å². The van der Waals surface area contributed by atoms with Crippen LogP contribution in [-0.2, 0) is 26.2 Å². The molecule has 31 heavy (non-hydrogen) atoms. The van der Waals surface area contributed by atoms with Crippen LogP contribution in [-0.4, -0.2) is 21.0 Å². The van der Waals surface area contributed by atoms with E-state index in [1.54, 1.807) is 49.4 Å². The van der Waals surface area contributed by atoms with E-state index >= 15 is 0 Å². The molecule has 3 aromatic carbocycles. The summed E-state index contributed by atoms with van der Waals surface area (Å²) in [4.78, 5) is 12.2. The first-order valence-electron chi connectivity index (χ1n) is 10.0. The van der Waals surface area contributed by atoms with Gasteiger partial charge in [0.25, 0.3) is 0 Å². The lowest BCUT2D eigenvalue weighted by atomic mass is 10.0. The molecule has 0 aliphatic rings. The Labute approximate surface area is 183 Å². The van der Waals surface area contributed by atoms with E-state index in [0.29, 0.717) is 13.2 Å². The van der Waals surface area contributed by atoms with Crippen LogP contribution in [0, 0.1) is 0 Å². The number of carbonyl (C=O) groups is 1. The predicted molar refractivity (Wildman–Crippen MR) is 118 cm³/mol. The van der Waals surface area contributed by atoms with Crippen LogP contribution in [0.2, 0.25) is 0 Å². The van der Waals surface area contributed by atoms with Crippen LogP contribution >= 0.6 is 0 Å². The Morgan fingerprint density at radius 1 is 0.903 bits per heavy atom. The monoisotopic (exact) mass is 439 g/mol. The van der Waals surface area contributed by atoms with Crippen LogP contribution in [0.3, 0.4) is 0 Å². The van der Waals surface area contributed by atoms with Crippen molar-refractivity contribution in [1.82, 2.24) is 5.32 Å². The third kappa shape index (κ3) is 6.67.